The Kier molecular flexibility index (Phi) is 4.74. The molecule has 0 aliphatic heterocycles. The molecule has 1 heterocycles. The van der Waals surface area contributed by atoms with Crippen LogP contribution in [0.15, 0.2) is 53.1 Å². The first-order valence-electron chi connectivity index (χ1n) is 7.75. The number of nitrogens with one attached hydrogen (secondary N) is 2. The summed E-state index contributed by atoms with van der Waals surface area (Å²) >= 11 is 0. The number of aromatic nitrogens is 2. The maximum absolute atomic E-state index is 12.9. The highest BCUT2D eigenvalue weighted by molar-refractivity contribution is 5.87. The third-order valence-electron chi connectivity index (χ3n) is 3.67. The van der Waals surface area contributed by atoms with Gasteiger partial charge in [-0.2, -0.15) is 4.98 Å². The van der Waals surface area contributed by atoms with Crippen molar-refractivity contribution in [2.75, 3.05) is 5.32 Å². The van der Waals surface area contributed by atoms with Crippen molar-refractivity contribution < 1.29 is 13.7 Å². The average Bonchev–Trinajstić information content (AvgIpc) is 3.04. The van der Waals surface area contributed by atoms with Crippen LogP contribution in [0, 0.1) is 12.7 Å². The normalized spacial score (nSPS) is 11.8. The second-order valence-corrected chi connectivity index (χ2v) is 5.66. The van der Waals surface area contributed by atoms with Crippen molar-refractivity contribution in [1.82, 2.24) is 15.5 Å². The number of aryl methyl sites for hydroxylation is 1. The molecule has 3 aromatic rings. The van der Waals surface area contributed by atoms with Gasteiger partial charge < -0.3 is 9.84 Å². The Morgan fingerprint density at radius 1 is 1.12 bits per heavy atom. The van der Waals surface area contributed by atoms with Gasteiger partial charge in [0.25, 0.3) is 0 Å². The molecule has 0 saturated heterocycles. The number of urea groups is 1. The van der Waals surface area contributed by atoms with E-state index in [0.29, 0.717) is 5.82 Å². The molecule has 1 atom stereocenters. The predicted molar refractivity (Wildman–Crippen MR) is 91.4 cm³/mol. The van der Waals surface area contributed by atoms with Gasteiger partial charge in [-0.3, -0.25) is 5.32 Å². The number of hydrogen-bond acceptors (Lipinski definition) is 4. The van der Waals surface area contributed by atoms with Gasteiger partial charge in [0.1, 0.15) is 5.82 Å². The molecule has 2 aromatic carbocycles. The molecule has 25 heavy (non-hydrogen) atoms. The van der Waals surface area contributed by atoms with E-state index in [4.69, 9.17) is 4.52 Å². The van der Waals surface area contributed by atoms with Crippen LogP contribution in [0.4, 0.5) is 15.2 Å². The number of halogens is 1. The SMILES string of the molecule is Cc1ccc(-c2noc(NC(=O)N[C@H](C)c3ccc(F)cc3)n2)cc1. The summed E-state index contributed by atoms with van der Waals surface area (Å²) in [5, 5.41) is 9.06. The molecule has 0 aliphatic rings. The third-order valence-corrected chi connectivity index (χ3v) is 3.67. The molecule has 2 amide bonds. The molecule has 0 fully saturated rings. The summed E-state index contributed by atoms with van der Waals surface area (Å²) in [7, 11) is 0. The van der Waals surface area contributed by atoms with Gasteiger partial charge in [0.2, 0.25) is 5.82 Å². The van der Waals surface area contributed by atoms with Crippen LogP contribution in [0.1, 0.15) is 24.1 Å². The lowest BCUT2D eigenvalue weighted by molar-refractivity contribution is 0.248. The fraction of sp³-hybridized carbons (Fsp3) is 0.167. The van der Waals surface area contributed by atoms with Gasteiger partial charge >= 0.3 is 12.0 Å². The highest BCUT2D eigenvalue weighted by Gasteiger charge is 2.14. The molecule has 0 spiro atoms. The maximum Gasteiger partial charge on any atom is 0.329 e. The molecule has 0 bridgehead atoms. The Morgan fingerprint density at radius 3 is 2.48 bits per heavy atom. The Bertz CT molecular complexity index is 860. The fourth-order valence-electron chi connectivity index (χ4n) is 2.26. The first-order chi connectivity index (χ1) is 12.0. The first-order valence-corrected chi connectivity index (χ1v) is 7.75. The Balaban J connectivity index is 1.61. The molecular weight excluding hydrogens is 323 g/mol. The highest BCUT2D eigenvalue weighted by Crippen LogP contribution is 2.18. The Labute approximate surface area is 144 Å². The van der Waals surface area contributed by atoms with Crippen molar-refractivity contribution in [2.45, 2.75) is 19.9 Å². The number of benzene rings is 2. The van der Waals surface area contributed by atoms with Crippen LogP contribution >= 0.6 is 0 Å². The summed E-state index contributed by atoms with van der Waals surface area (Å²) in [4.78, 5) is 16.2. The first kappa shape index (κ1) is 16.6. The summed E-state index contributed by atoms with van der Waals surface area (Å²) < 4.78 is 18.0. The van der Waals surface area contributed by atoms with E-state index >= 15 is 0 Å². The minimum Gasteiger partial charge on any atom is -0.331 e. The molecule has 1 aromatic heterocycles. The standard InChI is InChI=1S/C18H17FN4O2/c1-11-3-5-14(6-4-11)16-21-18(25-23-16)22-17(24)20-12(2)13-7-9-15(19)10-8-13/h3-10,12H,1-2H3,(H2,20,21,22,23,24)/t12-/m1/s1. The monoisotopic (exact) mass is 340 g/mol. The van der Waals surface area contributed by atoms with E-state index < -0.39 is 6.03 Å². The van der Waals surface area contributed by atoms with Crippen LogP contribution < -0.4 is 10.6 Å². The lowest BCUT2D eigenvalue weighted by Gasteiger charge is -2.13. The maximum atomic E-state index is 12.9. The molecule has 3 rings (SSSR count). The van der Waals surface area contributed by atoms with Crippen LogP contribution in [-0.4, -0.2) is 16.2 Å². The Morgan fingerprint density at radius 2 is 1.80 bits per heavy atom. The summed E-state index contributed by atoms with van der Waals surface area (Å²) in [5.41, 5.74) is 2.70. The van der Waals surface area contributed by atoms with Gasteiger partial charge in [-0.1, -0.05) is 47.1 Å². The topological polar surface area (TPSA) is 80.0 Å². The van der Waals surface area contributed by atoms with Crippen molar-refractivity contribution in [2.24, 2.45) is 0 Å². The van der Waals surface area contributed by atoms with Crippen LogP contribution in [0.25, 0.3) is 11.4 Å². The van der Waals surface area contributed by atoms with Crippen molar-refractivity contribution in [3.05, 3.63) is 65.5 Å². The van der Waals surface area contributed by atoms with Gasteiger partial charge in [-0.15, -0.1) is 0 Å². The van der Waals surface area contributed by atoms with E-state index in [1.165, 1.54) is 12.1 Å². The van der Waals surface area contributed by atoms with Crippen molar-refractivity contribution in [3.8, 4) is 11.4 Å². The number of carbonyl (C=O) groups excluding carboxylic acids is 1. The smallest absolute Gasteiger partial charge is 0.329 e. The minimum absolute atomic E-state index is 0.000573. The van der Waals surface area contributed by atoms with E-state index in [2.05, 4.69) is 20.8 Å². The van der Waals surface area contributed by atoms with Gasteiger partial charge in [0.05, 0.1) is 6.04 Å². The highest BCUT2D eigenvalue weighted by atomic mass is 19.1. The van der Waals surface area contributed by atoms with Crippen molar-refractivity contribution in [1.29, 1.82) is 0 Å². The van der Waals surface area contributed by atoms with Crippen molar-refractivity contribution >= 4 is 12.0 Å². The number of nitrogens with zero attached hydrogens (tertiary/aromatic N) is 2. The van der Waals surface area contributed by atoms with E-state index in [-0.39, 0.29) is 17.9 Å². The summed E-state index contributed by atoms with van der Waals surface area (Å²) in [6.45, 7) is 3.78. The van der Waals surface area contributed by atoms with Crippen molar-refractivity contribution in [3.63, 3.8) is 0 Å². The van der Waals surface area contributed by atoms with E-state index in [1.807, 2.05) is 31.2 Å². The zero-order valence-corrected chi connectivity index (χ0v) is 13.8. The lowest BCUT2D eigenvalue weighted by Crippen LogP contribution is -2.31. The van der Waals surface area contributed by atoms with Gasteiger partial charge in [0.15, 0.2) is 0 Å². The zero-order valence-electron chi connectivity index (χ0n) is 13.8. The van der Waals surface area contributed by atoms with Gasteiger partial charge in [-0.05, 0) is 31.5 Å². The molecule has 6 nitrogen and oxygen atoms in total. The van der Waals surface area contributed by atoms with Crippen LogP contribution in [0.3, 0.4) is 0 Å². The molecule has 0 aliphatic carbocycles. The number of carbonyl (C=O) groups is 1. The lowest BCUT2D eigenvalue weighted by atomic mass is 10.1. The third kappa shape index (κ3) is 4.20. The van der Waals surface area contributed by atoms with Gasteiger partial charge in [0, 0.05) is 5.56 Å². The van der Waals surface area contributed by atoms with Crippen LogP contribution in [-0.2, 0) is 0 Å². The Hall–Kier alpha value is -3.22. The number of rotatable bonds is 4. The molecule has 0 saturated carbocycles. The average molecular weight is 340 g/mol. The molecule has 2 N–H and O–H groups in total. The molecule has 7 heteroatoms. The molecular formula is C18H17FN4O2. The minimum atomic E-state index is -0.490. The second kappa shape index (κ2) is 7.12. The predicted octanol–water partition coefficient (Wildman–Crippen LogP) is 4.07. The van der Waals surface area contributed by atoms with E-state index in [9.17, 15) is 9.18 Å². The number of hydrogen-bond donors (Lipinski definition) is 2. The number of amides is 2. The quantitative estimate of drug-likeness (QED) is 0.750. The zero-order chi connectivity index (χ0) is 17.8. The van der Waals surface area contributed by atoms with Crippen LogP contribution in [0.2, 0.25) is 0 Å². The van der Waals surface area contributed by atoms with E-state index in [0.717, 1.165) is 16.7 Å². The number of anilines is 1. The molecule has 0 unspecified atom stereocenters. The summed E-state index contributed by atoms with van der Waals surface area (Å²) in [6, 6.07) is 12.8. The summed E-state index contributed by atoms with van der Waals surface area (Å²) in [5.74, 6) is 0.0665. The second-order valence-electron chi connectivity index (χ2n) is 5.66. The molecule has 0 radical (unpaired) electrons. The summed E-state index contributed by atoms with van der Waals surface area (Å²) in [6.07, 6.45) is 0. The largest absolute Gasteiger partial charge is 0.331 e. The fourth-order valence-corrected chi connectivity index (χ4v) is 2.26. The van der Waals surface area contributed by atoms with Crippen LogP contribution in [0.5, 0.6) is 0 Å². The molecule has 128 valence electrons. The van der Waals surface area contributed by atoms with E-state index in [1.54, 1.807) is 19.1 Å². The van der Waals surface area contributed by atoms with Gasteiger partial charge in [-0.25, -0.2) is 9.18 Å².